The SMILES string of the molecule is O=C(Nc1ccc(Cl)cc1)c1cc(N2CCc3ccccc3C2)ccn1. The molecule has 0 spiro atoms. The van der Waals surface area contributed by atoms with Gasteiger partial charge in [0.2, 0.25) is 0 Å². The standard InChI is InChI=1S/C21H18ClN3O/c22-17-5-7-18(8-6-17)24-21(26)20-13-19(9-11-23-20)25-12-10-15-3-1-2-4-16(15)14-25/h1-9,11,13H,10,12,14H2,(H,24,26). The summed E-state index contributed by atoms with van der Waals surface area (Å²) in [5.74, 6) is -0.230. The lowest BCUT2D eigenvalue weighted by atomic mass is 9.99. The van der Waals surface area contributed by atoms with Crippen LogP contribution in [0, 0.1) is 0 Å². The molecule has 0 saturated heterocycles. The number of benzene rings is 2. The molecule has 5 heteroatoms. The van der Waals surface area contributed by atoms with Crippen LogP contribution < -0.4 is 10.2 Å². The fourth-order valence-corrected chi connectivity index (χ4v) is 3.31. The van der Waals surface area contributed by atoms with Gasteiger partial charge < -0.3 is 10.2 Å². The highest BCUT2D eigenvalue weighted by atomic mass is 35.5. The number of nitrogens with zero attached hydrogens (tertiary/aromatic N) is 2. The summed E-state index contributed by atoms with van der Waals surface area (Å²) < 4.78 is 0. The molecule has 26 heavy (non-hydrogen) atoms. The second-order valence-electron chi connectivity index (χ2n) is 6.30. The van der Waals surface area contributed by atoms with Crippen LogP contribution in [0.2, 0.25) is 5.02 Å². The predicted molar refractivity (Wildman–Crippen MR) is 105 cm³/mol. The van der Waals surface area contributed by atoms with Crippen LogP contribution in [0.25, 0.3) is 0 Å². The third-order valence-electron chi connectivity index (χ3n) is 4.57. The minimum Gasteiger partial charge on any atom is -0.367 e. The van der Waals surface area contributed by atoms with Gasteiger partial charge >= 0.3 is 0 Å². The zero-order chi connectivity index (χ0) is 17.9. The Labute approximate surface area is 157 Å². The maximum atomic E-state index is 12.5. The Morgan fingerprint density at radius 3 is 2.62 bits per heavy atom. The molecule has 4 rings (SSSR count). The van der Waals surface area contributed by atoms with E-state index in [1.54, 1.807) is 30.5 Å². The van der Waals surface area contributed by atoms with E-state index < -0.39 is 0 Å². The first kappa shape index (κ1) is 16.6. The molecule has 1 aliphatic rings. The van der Waals surface area contributed by atoms with E-state index in [0.717, 1.165) is 25.2 Å². The first-order valence-electron chi connectivity index (χ1n) is 8.54. The van der Waals surface area contributed by atoms with Crippen molar-refractivity contribution < 1.29 is 4.79 Å². The molecule has 0 unspecified atom stereocenters. The van der Waals surface area contributed by atoms with Crippen molar-refractivity contribution in [3.8, 4) is 0 Å². The third-order valence-corrected chi connectivity index (χ3v) is 4.83. The van der Waals surface area contributed by atoms with E-state index in [1.807, 2.05) is 12.1 Å². The number of hydrogen-bond acceptors (Lipinski definition) is 3. The lowest BCUT2D eigenvalue weighted by Gasteiger charge is -2.30. The summed E-state index contributed by atoms with van der Waals surface area (Å²) in [6, 6.07) is 19.3. The second-order valence-corrected chi connectivity index (χ2v) is 6.74. The van der Waals surface area contributed by atoms with Gasteiger partial charge in [0.05, 0.1) is 0 Å². The number of carbonyl (C=O) groups excluding carboxylic acids is 1. The summed E-state index contributed by atoms with van der Waals surface area (Å²) in [5.41, 5.74) is 4.84. The molecule has 1 aromatic heterocycles. The number of hydrogen-bond donors (Lipinski definition) is 1. The predicted octanol–water partition coefficient (Wildman–Crippen LogP) is 4.55. The summed E-state index contributed by atoms with van der Waals surface area (Å²) in [6.07, 6.45) is 2.69. The van der Waals surface area contributed by atoms with E-state index in [1.165, 1.54) is 11.1 Å². The number of amides is 1. The van der Waals surface area contributed by atoms with Crippen LogP contribution in [0.3, 0.4) is 0 Å². The minimum atomic E-state index is -0.230. The smallest absolute Gasteiger partial charge is 0.274 e. The Hall–Kier alpha value is -2.85. The summed E-state index contributed by atoms with van der Waals surface area (Å²) in [5, 5.41) is 3.49. The maximum Gasteiger partial charge on any atom is 0.274 e. The molecule has 0 radical (unpaired) electrons. The number of nitrogens with one attached hydrogen (secondary N) is 1. The minimum absolute atomic E-state index is 0.230. The molecular weight excluding hydrogens is 346 g/mol. The second kappa shape index (κ2) is 7.18. The zero-order valence-corrected chi connectivity index (χ0v) is 14.9. The number of pyridine rings is 1. The monoisotopic (exact) mass is 363 g/mol. The van der Waals surface area contributed by atoms with Crippen LogP contribution in [0.15, 0.2) is 66.9 Å². The number of halogens is 1. The van der Waals surface area contributed by atoms with Crippen molar-refractivity contribution in [3.05, 3.63) is 88.7 Å². The Bertz CT molecular complexity index is 940. The van der Waals surface area contributed by atoms with Gasteiger partial charge in [-0.05, 0) is 53.9 Å². The van der Waals surface area contributed by atoms with E-state index in [9.17, 15) is 4.79 Å². The molecule has 1 N–H and O–H groups in total. The number of anilines is 2. The molecule has 3 aromatic rings. The molecular formula is C21H18ClN3O. The lowest BCUT2D eigenvalue weighted by molar-refractivity contribution is 0.102. The molecule has 0 bridgehead atoms. The van der Waals surface area contributed by atoms with E-state index in [2.05, 4.69) is 39.5 Å². The Morgan fingerprint density at radius 1 is 1.04 bits per heavy atom. The Balaban J connectivity index is 1.51. The Kier molecular flexibility index (Phi) is 4.59. The van der Waals surface area contributed by atoms with Crippen molar-refractivity contribution in [1.29, 1.82) is 0 Å². The van der Waals surface area contributed by atoms with Gasteiger partial charge in [0.1, 0.15) is 5.69 Å². The number of aromatic nitrogens is 1. The average Bonchev–Trinajstić information content (AvgIpc) is 2.69. The van der Waals surface area contributed by atoms with Crippen LogP contribution in [0.4, 0.5) is 11.4 Å². The molecule has 2 aromatic carbocycles. The summed E-state index contributed by atoms with van der Waals surface area (Å²) in [6.45, 7) is 1.78. The van der Waals surface area contributed by atoms with Crippen LogP contribution in [0.1, 0.15) is 21.6 Å². The molecule has 0 fully saturated rings. The van der Waals surface area contributed by atoms with E-state index in [4.69, 9.17) is 11.6 Å². The highest BCUT2D eigenvalue weighted by Gasteiger charge is 2.17. The largest absolute Gasteiger partial charge is 0.367 e. The molecule has 0 saturated carbocycles. The van der Waals surface area contributed by atoms with Crippen LogP contribution >= 0.6 is 11.6 Å². The third kappa shape index (κ3) is 3.55. The van der Waals surface area contributed by atoms with Crippen molar-refractivity contribution in [2.45, 2.75) is 13.0 Å². The normalized spacial score (nSPS) is 13.2. The van der Waals surface area contributed by atoms with Gasteiger partial charge in [-0.25, -0.2) is 0 Å². The van der Waals surface area contributed by atoms with Crippen molar-refractivity contribution in [3.63, 3.8) is 0 Å². The number of carbonyl (C=O) groups is 1. The van der Waals surface area contributed by atoms with E-state index in [-0.39, 0.29) is 5.91 Å². The molecule has 1 amide bonds. The maximum absolute atomic E-state index is 12.5. The fraction of sp³-hybridized carbons (Fsp3) is 0.143. The highest BCUT2D eigenvalue weighted by Crippen LogP contribution is 2.24. The first-order chi connectivity index (χ1) is 12.7. The van der Waals surface area contributed by atoms with Gasteiger partial charge in [-0.2, -0.15) is 0 Å². The molecule has 130 valence electrons. The van der Waals surface area contributed by atoms with Crippen molar-refractivity contribution in [2.24, 2.45) is 0 Å². The molecule has 4 nitrogen and oxygen atoms in total. The topological polar surface area (TPSA) is 45.2 Å². The van der Waals surface area contributed by atoms with Gasteiger partial charge in [-0.3, -0.25) is 9.78 Å². The summed E-state index contributed by atoms with van der Waals surface area (Å²) in [7, 11) is 0. The molecule has 2 heterocycles. The van der Waals surface area contributed by atoms with Crippen molar-refractivity contribution in [2.75, 3.05) is 16.8 Å². The number of rotatable bonds is 3. The van der Waals surface area contributed by atoms with E-state index >= 15 is 0 Å². The van der Waals surface area contributed by atoms with Gasteiger partial charge in [-0.15, -0.1) is 0 Å². The van der Waals surface area contributed by atoms with Crippen LogP contribution in [-0.2, 0) is 13.0 Å². The first-order valence-corrected chi connectivity index (χ1v) is 8.91. The van der Waals surface area contributed by atoms with Gasteiger partial charge in [-0.1, -0.05) is 35.9 Å². The molecule has 0 atom stereocenters. The highest BCUT2D eigenvalue weighted by molar-refractivity contribution is 6.30. The number of fused-ring (bicyclic) bond motifs is 1. The average molecular weight is 364 g/mol. The summed E-state index contributed by atoms with van der Waals surface area (Å²) >= 11 is 5.88. The Morgan fingerprint density at radius 2 is 1.81 bits per heavy atom. The van der Waals surface area contributed by atoms with Gasteiger partial charge in [0.25, 0.3) is 5.91 Å². The van der Waals surface area contributed by atoms with Crippen molar-refractivity contribution >= 4 is 28.9 Å². The fourth-order valence-electron chi connectivity index (χ4n) is 3.18. The summed E-state index contributed by atoms with van der Waals surface area (Å²) in [4.78, 5) is 19.0. The molecule has 0 aliphatic carbocycles. The lowest BCUT2D eigenvalue weighted by Crippen LogP contribution is -2.30. The van der Waals surface area contributed by atoms with Gasteiger partial charge in [0, 0.05) is 35.7 Å². The van der Waals surface area contributed by atoms with E-state index in [0.29, 0.717) is 16.4 Å². The van der Waals surface area contributed by atoms with Gasteiger partial charge in [0.15, 0.2) is 0 Å². The van der Waals surface area contributed by atoms with Crippen molar-refractivity contribution in [1.82, 2.24) is 4.98 Å². The zero-order valence-electron chi connectivity index (χ0n) is 14.2. The quantitative estimate of drug-likeness (QED) is 0.742. The van der Waals surface area contributed by atoms with Crippen LogP contribution in [0.5, 0.6) is 0 Å². The molecule has 1 aliphatic heterocycles. The van der Waals surface area contributed by atoms with Crippen LogP contribution in [-0.4, -0.2) is 17.4 Å².